The highest BCUT2D eigenvalue weighted by Gasteiger charge is 2.45. The van der Waals surface area contributed by atoms with Gasteiger partial charge in [-0.05, 0) is 30.5 Å². The fourth-order valence-corrected chi connectivity index (χ4v) is 3.96. The van der Waals surface area contributed by atoms with Gasteiger partial charge in [-0.2, -0.15) is 0 Å². The zero-order valence-corrected chi connectivity index (χ0v) is 18.3. The molecule has 3 aromatic rings. The van der Waals surface area contributed by atoms with Gasteiger partial charge in [0.25, 0.3) is 0 Å². The molecule has 4 atom stereocenters. The molecule has 1 aliphatic rings. The van der Waals surface area contributed by atoms with E-state index in [0.717, 1.165) is 5.56 Å². The Hall–Kier alpha value is -2.44. The number of anilines is 1. The third-order valence-corrected chi connectivity index (χ3v) is 6.03. The van der Waals surface area contributed by atoms with Crippen LogP contribution in [0.25, 0.3) is 11.2 Å². The number of ether oxygens (including phenoxy) is 1. The second kappa shape index (κ2) is 8.83. The first kappa shape index (κ1) is 22.7. The molecule has 0 spiro atoms. The molecule has 1 aliphatic heterocycles. The summed E-state index contributed by atoms with van der Waals surface area (Å²) in [6.07, 6.45) is -2.30. The van der Waals surface area contributed by atoms with Crippen LogP contribution in [-0.4, -0.2) is 64.4 Å². The number of aryl methyl sites for hydroxylation is 1. The maximum absolute atomic E-state index is 10.9. The van der Waals surface area contributed by atoms with E-state index in [1.54, 1.807) is 0 Å². The minimum atomic E-state index is -4.75. The fourth-order valence-electron chi connectivity index (χ4n) is 3.62. The van der Waals surface area contributed by atoms with Crippen molar-refractivity contribution in [3.63, 3.8) is 0 Å². The number of hydrogen-bond donors (Lipinski definition) is 5. The van der Waals surface area contributed by atoms with Crippen molar-refractivity contribution in [1.29, 1.82) is 0 Å². The fraction of sp³-hybridized carbons (Fsp3) is 0.421. The summed E-state index contributed by atoms with van der Waals surface area (Å²) in [5.41, 5.74) is 4.27. The van der Waals surface area contributed by atoms with Crippen LogP contribution in [0.2, 0.25) is 0 Å². The van der Waals surface area contributed by atoms with Gasteiger partial charge in [-0.15, -0.1) is 0 Å². The lowest BCUT2D eigenvalue weighted by Crippen LogP contribution is -2.33. The summed E-state index contributed by atoms with van der Waals surface area (Å²) >= 11 is 0. The Labute approximate surface area is 183 Å². The number of rotatable bonds is 7. The van der Waals surface area contributed by atoms with Gasteiger partial charge in [0.05, 0.1) is 12.9 Å². The van der Waals surface area contributed by atoms with Gasteiger partial charge in [-0.3, -0.25) is 9.09 Å². The van der Waals surface area contributed by atoms with E-state index >= 15 is 0 Å². The number of aromatic nitrogens is 4. The van der Waals surface area contributed by atoms with Crippen molar-refractivity contribution in [3.8, 4) is 0 Å². The van der Waals surface area contributed by atoms with E-state index < -0.39 is 39.0 Å². The molecule has 0 amide bonds. The molecule has 172 valence electrons. The van der Waals surface area contributed by atoms with Crippen LogP contribution >= 0.6 is 7.82 Å². The van der Waals surface area contributed by atoms with Crippen LogP contribution in [0.4, 0.5) is 5.82 Å². The van der Waals surface area contributed by atoms with Crippen molar-refractivity contribution in [3.05, 3.63) is 47.5 Å². The molecule has 0 radical (unpaired) electrons. The lowest BCUT2D eigenvalue weighted by atomic mass is 10.0. The summed E-state index contributed by atoms with van der Waals surface area (Å²) in [6, 6.07) is 6.06. The third-order valence-electron chi connectivity index (χ3n) is 5.54. The van der Waals surface area contributed by atoms with Crippen molar-refractivity contribution >= 4 is 24.8 Å². The van der Waals surface area contributed by atoms with Gasteiger partial charge in [0, 0.05) is 6.54 Å². The number of nitrogens with zero attached hydrogens (tertiary/aromatic N) is 4. The van der Waals surface area contributed by atoms with Crippen LogP contribution in [0.5, 0.6) is 0 Å². The molecular formula is C19H24N5O7P. The van der Waals surface area contributed by atoms with Crippen molar-refractivity contribution < 1.29 is 33.8 Å². The number of hydrogen-bond acceptors (Lipinski definition) is 9. The molecule has 0 saturated carbocycles. The molecule has 5 N–H and O–H groups in total. The quantitative estimate of drug-likeness (QED) is 0.312. The Balaban J connectivity index is 1.55. The van der Waals surface area contributed by atoms with Crippen molar-refractivity contribution in [1.82, 2.24) is 19.5 Å². The van der Waals surface area contributed by atoms with E-state index in [9.17, 15) is 14.8 Å². The molecule has 1 aromatic carbocycles. The summed E-state index contributed by atoms with van der Waals surface area (Å²) in [5.74, 6) is 0.490. The molecule has 2 aromatic heterocycles. The van der Waals surface area contributed by atoms with Crippen molar-refractivity contribution in [2.45, 2.75) is 44.9 Å². The number of phosphoric acid groups is 1. The first-order chi connectivity index (χ1) is 15.2. The summed E-state index contributed by atoms with van der Waals surface area (Å²) in [7, 11) is -4.75. The van der Waals surface area contributed by atoms with Gasteiger partial charge in [-0.1, -0.05) is 18.2 Å². The predicted molar refractivity (Wildman–Crippen MR) is 112 cm³/mol. The van der Waals surface area contributed by atoms with Gasteiger partial charge in [-0.25, -0.2) is 19.5 Å². The molecule has 4 rings (SSSR count). The average Bonchev–Trinajstić information content (AvgIpc) is 3.29. The van der Waals surface area contributed by atoms with E-state index in [0.29, 0.717) is 23.5 Å². The molecule has 13 heteroatoms. The molecule has 1 fully saturated rings. The topological polar surface area (TPSA) is 172 Å². The lowest BCUT2D eigenvalue weighted by Gasteiger charge is -2.16. The van der Waals surface area contributed by atoms with E-state index in [2.05, 4.69) is 24.8 Å². The number of imidazole rings is 1. The van der Waals surface area contributed by atoms with Crippen LogP contribution in [-0.2, 0) is 20.4 Å². The smallest absolute Gasteiger partial charge is 0.387 e. The Morgan fingerprint density at radius 2 is 1.97 bits per heavy atom. The minimum absolute atomic E-state index is 0.358. The monoisotopic (exact) mass is 465 g/mol. The first-order valence-electron chi connectivity index (χ1n) is 9.84. The third kappa shape index (κ3) is 4.52. The van der Waals surface area contributed by atoms with Gasteiger partial charge in [0.1, 0.15) is 24.6 Å². The molecule has 0 unspecified atom stereocenters. The highest BCUT2D eigenvalue weighted by atomic mass is 31.2. The summed E-state index contributed by atoms with van der Waals surface area (Å²) in [5, 5.41) is 23.9. The maximum Gasteiger partial charge on any atom is 0.469 e. The van der Waals surface area contributed by atoms with Crippen LogP contribution in [0.1, 0.15) is 22.9 Å². The van der Waals surface area contributed by atoms with Gasteiger partial charge >= 0.3 is 7.82 Å². The van der Waals surface area contributed by atoms with Gasteiger partial charge in [0.2, 0.25) is 0 Å². The molecule has 0 aliphatic carbocycles. The summed E-state index contributed by atoms with van der Waals surface area (Å²) < 4.78 is 22.4. The van der Waals surface area contributed by atoms with Crippen LogP contribution in [0.15, 0.2) is 30.9 Å². The first-order valence-corrected chi connectivity index (χ1v) is 11.4. The number of aliphatic hydroxyl groups is 2. The Morgan fingerprint density at radius 3 is 2.72 bits per heavy atom. The standard InChI is InChI=1S/C19H24N5O7P/c1-10-4-3-5-12(11(10)2)6-20-17-14-18(22-8-21-17)24(9-23-14)19-16(26)15(25)13(31-19)7-30-32(27,28)29/h3-5,8-9,13,15-16,19,25-26H,6-7H2,1-2H3,(H,20,21,22)(H2,27,28,29)/t13-,15-,16-,19-/m1/s1. The largest absolute Gasteiger partial charge is 0.469 e. The molecule has 12 nitrogen and oxygen atoms in total. The zero-order valence-electron chi connectivity index (χ0n) is 17.4. The number of aliphatic hydroxyl groups excluding tert-OH is 2. The average molecular weight is 465 g/mol. The number of benzene rings is 1. The van der Waals surface area contributed by atoms with Crippen molar-refractivity contribution in [2.75, 3.05) is 11.9 Å². The maximum atomic E-state index is 10.9. The normalized spacial score (nSPS) is 23.7. The van der Waals surface area contributed by atoms with Gasteiger partial charge < -0.3 is 30.1 Å². The minimum Gasteiger partial charge on any atom is -0.387 e. The predicted octanol–water partition coefficient (Wildman–Crippen LogP) is 0.784. The van der Waals surface area contributed by atoms with E-state index in [-0.39, 0.29) is 0 Å². The van der Waals surface area contributed by atoms with Gasteiger partial charge in [0.15, 0.2) is 23.2 Å². The molecule has 1 saturated heterocycles. The van der Waals surface area contributed by atoms with Crippen molar-refractivity contribution in [2.24, 2.45) is 0 Å². The molecule has 3 heterocycles. The Kier molecular flexibility index (Phi) is 6.28. The van der Waals surface area contributed by atoms with Crippen LogP contribution in [0.3, 0.4) is 0 Å². The van der Waals surface area contributed by atoms with Crippen LogP contribution in [0, 0.1) is 13.8 Å². The molecule has 0 bridgehead atoms. The zero-order chi connectivity index (χ0) is 23.0. The summed E-state index contributed by atoms with van der Waals surface area (Å²) in [6.45, 7) is 4.02. The molecule has 32 heavy (non-hydrogen) atoms. The highest BCUT2D eigenvalue weighted by molar-refractivity contribution is 7.46. The van der Waals surface area contributed by atoms with Crippen LogP contribution < -0.4 is 5.32 Å². The lowest BCUT2D eigenvalue weighted by molar-refractivity contribution is -0.0504. The summed E-state index contributed by atoms with van der Waals surface area (Å²) in [4.78, 5) is 30.6. The highest BCUT2D eigenvalue weighted by Crippen LogP contribution is 2.39. The van der Waals surface area contributed by atoms with E-state index in [1.807, 2.05) is 32.0 Å². The van der Waals surface area contributed by atoms with E-state index in [1.165, 1.54) is 28.3 Å². The Morgan fingerprint density at radius 1 is 1.19 bits per heavy atom. The Bertz CT molecular complexity index is 1170. The second-order valence-electron chi connectivity index (χ2n) is 7.59. The second-order valence-corrected chi connectivity index (χ2v) is 8.83. The number of nitrogens with one attached hydrogen (secondary N) is 1. The number of fused-ring (bicyclic) bond motifs is 1. The molecular weight excluding hydrogens is 441 g/mol. The number of phosphoric ester groups is 1. The SMILES string of the molecule is Cc1cccc(CNc2ncnc3c2ncn3[C@@H]2O[C@H](COP(=O)(O)O)[C@@H](O)[C@H]2O)c1C. The van der Waals surface area contributed by atoms with E-state index in [4.69, 9.17) is 14.5 Å².